The predicted octanol–water partition coefficient (Wildman–Crippen LogP) is -2.85. The van der Waals surface area contributed by atoms with Crippen LogP contribution < -0.4 is 37.5 Å². The van der Waals surface area contributed by atoms with Crippen molar-refractivity contribution in [1.82, 2.24) is 0 Å². The molecule has 2 rings (SSSR count). The molecule has 0 N–H and O–H groups in total. The number of hydrogen-bond acceptors (Lipinski definition) is 9. The molecule has 0 amide bonds. The molecule has 0 aliphatic heterocycles. The van der Waals surface area contributed by atoms with E-state index < -0.39 is 51.9 Å². The molecule has 10 nitrogen and oxygen atoms in total. The summed E-state index contributed by atoms with van der Waals surface area (Å²) in [5.74, 6) is -0.563. The first kappa shape index (κ1) is 25.3. The summed E-state index contributed by atoms with van der Waals surface area (Å²) in [6.45, 7) is 0. The standard InChI is InChI=1S/C13H15NO9S4.Na/c1-25(17,18)14(26(2,19)20)11-6-4-5-10-9(11)7-8-12(24(15)16)13(10)23-27(3,21)22;/h4-8H,1-3H3,(H,15,16);/q;+1/p-1. The third-order valence-corrected chi connectivity index (χ3v) is 7.54. The van der Waals surface area contributed by atoms with E-state index in [4.69, 9.17) is 4.18 Å². The average molecular weight is 480 g/mol. The maximum absolute atomic E-state index is 12.0. The van der Waals surface area contributed by atoms with E-state index in [9.17, 15) is 34.0 Å². The minimum Gasteiger partial charge on any atom is -0.768 e. The van der Waals surface area contributed by atoms with Crippen molar-refractivity contribution in [3.05, 3.63) is 30.3 Å². The van der Waals surface area contributed by atoms with Crippen molar-refractivity contribution in [2.24, 2.45) is 0 Å². The number of benzene rings is 2. The van der Waals surface area contributed by atoms with Crippen LogP contribution in [0.4, 0.5) is 5.69 Å². The Kier molecular flexibility index (Phi) is 7.73. The predicted molar refractivity (Wildman–Crippen MR) is 98.8 cm³/mol. The Morgan fingerprint density at radius 2 is 1.43 bits per heavy atom. The molecular formula is C13H14NNaO9S4. The Balaban J connectivity index is 0.00000392. The van der Waals surface area contributed by atoms with Crippen molar-refractivity contribution < 1.29 is 67.8 Å². The maximum Gasteiger partial charge on any atom is 1.00 e. The van der Waals surface area contributed by atoms with Gasteiger partial charge in [0.05, 0.1) is 29.4 Å². The molecule has 0 saturated heterocycles. The van der Waals surface area contributed by atoms with Gasteiger partial charge in [0.15, 0.2) is 5.75 Å². The van der Waals surface area contributed by atoms with Crippen molar-refractivity contribution in [2.45, 2.75) is 4.90 Å². The largest absolute Gasteiger partial charge is 1.00 e. The molecule has 0 spiro atoms. The van der Waals surface area contributed by atoms with E-state index in [-0.39, 0.29) is 49.7 Å². The zero-order valence-electron chi connectivity index (χ0n) is 15.1. The zero-order chi connectivity index (χ0) is 20.8. The second-order valence-electron chi connectivity index (χ2n) is 5.51. The number of hydrogen-bond donors (Lipinski definition) is 0. The van der Waals surface area contributed by atoms with Gasteiger partial charge in [-0.2, -0.15) is 12.1 Å². The smallest absolute Gasteiger partial charge is 0.768 e. The van der Waals surface area contributed by atoms with Crippen molar-refractivity contribution in [2.75, 3.05) is 22.5 Å². The van der Waals surface area contributed by atoms with Crippen molar-refractivity contribution in [3.63, 3.8) is 0 Å². The molecule has 150 valence electrons. The summed E-state index contributed by atoms with van der Waals surface area (Å²) in [4.78, 5) is -0.490. The van der Waals surface area contributed by atoms with Crippen molar-refractivity contribution in [1.29, 1.82) is 0 Å². The van der Waals surface area contributed by atoms with Gasteiger partial charge in [-0.25, -0.2) is 16.8 Å². The van der Waals surface area contributed by atoms with Gasteiger partial charge in [-0.3, -0.25) is 4.21 Å². The van der Waals surface area contributed by atoms with E-state index in [0.29, 0.717) is 18.8 Å². The van der Waals surface area contributed by atoms with Crippen LogP contribution in [0.5, 0.6) is 5.75 Å². The molecule has 0 radical (unpaired) electrons. The molecule has 0 bridgehead atoms. The van der Waals surface area contributed by atoms with E-state index in [1.165, 1.54) is 18.2 Å². The van der Waals surface area contributed by atoms with Crippen molar-refractivity contribution in [3.8, 4) is 5.75 Å². The second kappa shape index (κ2) is 8.55. The van der Waals surface area contributed by atoms with Gasteiger partial charge in [0.25, 0.3) is 0 Å². The van der Waals surface area contributed by atoms with Gasteiger partial charge in [0, 0.05) is 10.8 Å². The Morgan fingerprint density at radius 1 is 0.893 bits per heavy atom. The molecule has 0 heterocycles. The van der Waals surface area contributed by atoms with Crippen LogP contribution in [0, 0.1) is 0 Å². The number of sulfonamides is 2. The van der Waals surface area contributed by atoms with Gasteiger partial charge in [0.2, 0.25) is 20.0 Å². The molecule has 0 aromatic heterocycles. The molecule has 0 fully saturated rings. The average Bonchev–Trinajstić information content (AvgIpc) is 2.43. The molecule has 0 saturated carbocycles. The fourth-order valence-electron chi connectivity index (χ4n) is 2.42. The molecule has 1 unspecified atom stereocenters. The van der Waals surface area contributed by atoms with E-state index in [1.54, 1.807) is 0 Å². The Hall–Kier alpha value is -0.740. The van der Waals surface area contributed by atoms with Gasteiger partial charge >= 0.3 is 39.7 Å². The molecule has 0 aliphatic rings. The minimum absolute atomic E-state index is 0. The van der Waals surface area contributed by atoms with Crippen LogP contribution in [-0.4, -0.2) is 52.8 Å². The summed E-state index contributed by atoms with van der Waals surface area (Å²) in [6, 6.07) is 5.85. The first-order valence-electron chi connectivity index (χ1n) is 6.88. The summed E-state index contributed by atoms with van der Waals surface area (Å²) in [5.41, 5.74) is -0.306. The van der Waals surface area contributed by atoms with E-state index in [0.717, 1.165) is 12.1 Å². The molecule has 28 heavy (non-hydrogen) atoms. The molecule has 1 atom stereocenters. The van der Waals surface area contributed by atoms with Gasteiger partial charge in [-0.1, -0.05) is 18.2 Å². The Labute approximate surface area is 187 Å². The van der Waals surface area contributed by atoms with Gasteiger partial charge in [0.1, 0.15) is 0 Å². The van der Waals surface area contributed by atoms with E-state index in [1.807, 2.05) is 0 Å². The summed E-state index contributed by atoms with van der Waals surface area (Å²) in [7, 11) is -12.7. The van der Waals surface area contributed by atoms with Crippen LogP contribution in [0.1, 0.15) is 0 Å². The molecule has 2 aromatic carbocycles. The topological polar surface area (TPSA) is 155 Å². The molecule has 2 aromatic rings. The van der Waals surface area contributed by atoms with Crippen LogP contribution in [0.2, 0.25) is 0 Å². The Bertz CT molecular complexity index is 1220. The van der Waals surface area contributed by atoms with Crippen LogP contribution in [0.15, 0.2) is 35.2 Å². The van der Waals surface area contributed by atoms with Crippen molar-refractivity contribution >= 4 is 57.7 Å². The molecule has 0 aliphatic carbocycles. The minimum atomic E-state index is -4.28. The van der Waals surface area contributed by atoms with Crippen LogP contribution in [-0.2, 0) is 41.2 Å². The number of rotatable bonds is 6. The number of fused-ring (bicyclic) bond motifs is 1. The van der Waals surface area contributed by atoms with Crippen LogP contribution in [0.3, 0.4) is 0 Å². The van der Waals surface area contributed by atoms with Crippen LogP contribution in [0.25, 0.3) is 10.8 Å². The third kappa shape index (κ3) is 5.66. The summed E-state index contributed by atoms with van der Waals surface area (Å²) in [5, 5.41) is -0.141. The fraction of sp³-hybridized carbons (Fsp3) is 0.231. The normalized spacial score (nSPS) is 13.6. The SMILES string of the molecule is CS(=O)(=O)Oc1c(S(=O)[O-])ccc2c(N(S(C)(=O)=O)S(C)(=O)=O)cccc12.[Na+]. The number of anilines is 1. The first-order valence-corrected chi connectivity index (χ1v) is 13.5. The maximum atomic E-state index is 12.0. The number of nitrogens with zero attached hydrogens (tertiary/aromatic N) is 1. The summed E-state index contributed by atoms with van der Waals surface area (Å²) >= 11 is -2.87. The van der Waals surface area contributed by atoms with Gasteiger partial charge < -0.3 is 8.74 Å². The quantitative estimate of drug-likeness (QED) is 0.242. The molecule has 15 heteroatoms. The first-order chi connectivity index (χ1) is 12.1. The van der Waals surface area contributed by atoms with Gasteiger partial charge in [-0.15, -0.1) is 0 Å². The second-order valence-corrected chi connectivity index (χ2v) is 11.9. The third-order valence-electron chi connectivity index (χ3n) is 3.17. The zero-order valence-corrected chi connectivity index (χ0v) is 20.4. The molecular weight excluding hydrogens is 465 g/mol. The van der Waals surface area contributed by atoms with Crippen LogP contribution >= 0.6 is 0 Å². The Morgan fingerprint density at radius 3 is 1.86 bits per heavy atom. The summed E-state index contributed by atoms with van der Waals surface area (Å²) < 4.78 is 99.0. The monoisotopic (exact) mass is 479 g/mol. The van der Waals surface area contributed by atoms with Gasteiger partial charge in [-0.05, 0) is 23.2 Å². The fourth-order valence-corrected chi connectivity index (χ4v) is 6.44. The summed E-state index contributed by atoms with van der Waals surface area (Å²) in [6.07, 6.45) is 2.07. The van der Waals surface area contributed by atoms with E-state index >= 15 is 0 Å². The van der Waals surface area contributed by atoms with E-state index in [2.05, 4.69) is 0 Å².